The third-order valence-electron chi connectivity index (χ3n) is 3.79. The smallest absolute Gasteiger partial charge is 0.266 e. The Morgan fingerprint density at radius 3 is 2.65 bits per heavy atom. The van der Waals surface area contributed by atoms with Gasteiger partial charge in [0.15, 0.2) is 11.5 Å². The number of nitrogens with one attached hydrogen (secondary N) is 1. The second kappa shape index (κ2) is 8.41. The number of anilines is 1. The Morgan fingerprint density at radius 1 is 1.31 bits per heavy atom. The zero-order chi connectivity index (χ0) is 19.3. The second-order valence-electron chi connectivity index (χ2n) is 5.71. The molecule has 1 amide bonds. The number of carbonyl (C=O) groups excluding carboxylic acids is 1. The number of amides is 1. The number of aryl methyl sites for hydroxylation is 2. The normalized spacial score (nSPS) is 11.0. The van der Waals surface area contributed by atoms with Gasteiger partial charge in [0.1, 0.15) is 11.6 Å². The number of phenolic OH excluding ortho intramolecular Hbond substituents is 1. The molecule has 0 saturated heterocycles. The molecular weight excluding hydrogens is 352 g/mol. The predicted molar refractivity (Wildman–Crippen MR) is 102 cm³/mol. The van der Waals surface area contributed by atoms with E-state index in [-0.39, 0.29) is 22.1 Å². The summed E-state index contributed by atoms with van der Waals surface area (Å²) >= 11 is 5.98. The van der Waals surface area contributed by atoms with Crippen LogP contribution in [0.5, 0.6) is 11.5 Å². The number of nitrogens with zero attached hydrogens (tertiary/aromatic N) is 1. The SMILES string of the molecule is CCOc1cc(/C=C(\C#N)C(=O)Nc2ccc(C)c(C)c2)cc(Cl)c1O. The molecule has 0 atom stereocenters. The summed E-state index contributed by atoms with van der Waals surface area (Å²) in [6.07, 6.45) is 1.39. The van der Waals surface area contributed by atoms with Crippen molar-refractivity contribution in [1.82, 2.24) is 0 Å². The van der Waals surface area contributed by atoms with Gasteiger partial charge >= 0.3 is 0 Å². The lowest BCUT2D eigenvalue weighted by Crippen LogP contribution is -2.13. The summed E-state index contributed by atoms with van der Waals surface area (Å²) in [5.74, 6) is -0.514. The zero-order valence-electron chi connectivity index (χ0n) is 14.8. The minimum Gasteiger partial charge on any atom is -0.503 e. The molecule has 2 rings (SSSR count). The van der Waals surface area contributed by atoms with Crippen LogP contribution in [0.3, 0.4) is 0 Å². The maximum Gasteiger partial charge on any atom is 0.266 e. The Balaban J connectivity index is 2.30. The summed E-state index contributed by atoms with van der Waals surface area (Å²) in [7, 11) is 0. The highest BCUT2D eigenvalue weighted by molar-refractivity contribution is 6.32. The van der Waals surface area contributed by atoms with Crippen LogP contribution in [-0.4, -0.2) is 17.6 Å². The van der Waals surface area contributed by atoms with E-state index < -0.39 is 5.91 Å². The van der Waals surface area contributed by atoms with E-state index in [1.54, 1.807) is 13.0 Å². The molecule has 0 heterocycles. The molecular formula is C20H19ClN2O3. The number of phenols is 1. The minimum absolute atomic E-state index is 0.0778. The fraction of sp³-hybridized carbons (Fsp3) is 0.200. The number of halogens is 1. The third-order valence-corrected chi connectivity index (χ3v) is 4.08. The van der Waals surface area contributed by atoms with E-state index in [0.717, 1.165) is 11.1 Å². The molecule has 2 N–H and O–H groups in total. The average Bonchev–Trinajstić information content (AvgIpc) is 2.60. The van der Waals surface area contributed by atoms with Gasteiger partial charge in [-0.1, -0.05) is 17.7 Å². The Morgan fingerprint density at radius 2 is 2.04 bits per heavy atom. The average molecular weight is 371 g/mol. The van der Waals surface area contributed by atoms with Gasteiger partial charge in [-0.3, -0.25) is 4.79 Å². The first kappa shape index (κ1) is 19.4. The summed E-state index contributed by atoms with van der Waals surface area (Å²) in [4.78, 5) is 12.4. The standard InChI is InChI=1S/C20H19ClN2O3/c1-4-26-18-10-14(9-17(21)19(18)24)8-15(11-22)20(25)23-16-6-5-12(2)13(3)7-16/h5-10,24H,4H2,1-3H3,(H,23,25)/b15-8+. The van der Waals surface area contributed by atoms with Crippen LogP contribution >= 0.6 is 11.6 Å². The van der Waals surface area contributed by atoms with Crippen molar-refractivity contribution in [2.75, 3.05) is 11.9 Å². The maximum atomic E-state index is 12.4. The molecule has 0 unspecified atom stereocenters. The minimum atomic E-state index is -0.530. The second-order valence-corrected chi connectivity index (χ2v) is 6.11. The van der Waals surface area contributed by atoms with E-state index in [1.807, 2.05) is 32.0 Å². The third kappa shape index (κ3) is 4.56. The van der Waals surface area contributed by atoms with E-state index in [0.29, 0.717) is 17.9 Å². The molecule has 6 heteroatoms. The van der Waals surface area contributed by atoms with Crippen LogP contribution < -0.4 is 10.1 Å². The summed E-state index contributed by atoms with van der Waals surface area (Å²) in [5.41, 5.74) is 3.15. The molecule has 2 aromatic rings. The fourth-order valence-electron chi connectivity index (χ4n) is 2.28. The molecule has 2 aromatic carbocycles. The van der Waals surface area contributed by atoms with Gasteiger partial charge < -0.3 is 15.2 Å². The van der Waals surface area contributed by atoms with E-state index in [2.05, 4.69) is 5.32 Å². The summed E-state index contributed by atoms with van der Waals surface area (Å²) in [5, 5.41) is 22.0. The summed E-state index contributed by atoms with van der Waals surface area (Å²) < 4.78 is 5.31. The Hall–Kier alpha value is -2.97. The summed E-state index contributed by atoms with van der Waals surface area (Å²) in [6.45, 7) is 6.04. The molecule has 0 saturated carbocycles. The molecule has 0 fully saturated rings. The maximum absolute atomic E-state index is 12.4. The Bertz CT molecular complexity index is 914. The summed E-state index contributed by atoms with van der Waals surface area (Å²) in [6, 6.07) is 10.4. The highest BCUT2D eigenvalue weighted by Crippen LogP contribution is 2.35. The molecule has 0 aliphatic carbocycles. The van der Waals surface area contributed by atoms with E-state index in [1.165, 1.54) is 18.2 Å². The van der Waals surface area contributed by atoms with Gasteiger partial charge in [0.25, 0.3) is 5.91 Å². The van der Waals surface area contributed by atoms with Crippen molar-refractivity contribution in [3.63, 3.8) is 0 Å². The van der Waals surface area contributed by atoms with Gasteiger partial charge in [0.05, 0.1) is 11.6 Å². The van der Waals surface area contributed by atoms with Crippen molar-refractivity contribution >= 4 is 29.3 Å². The van der Waals surface area contributed by atoms with Gasteiger partial charge in [0.2, 0.25) is 0 Å². The number of rotatable bonds is 5. The van der Waals surface area contributed by atoms with Crippen LogP contribution in [0.1, 0.15) is 23.6 Å². The van der Waals surface area contributed by atoms with Crippen LogP contribution in [0, 0.1) is 25.2 Å². The lowest BCUT2D eigenvalue weighted by molar-refractivity contribution is -0.112. The molecule has 26 heavy (non-hydrogen) atoms. The largest absolute Gasteiger partial charge is 0.503 e. The molecule has 0 bridgehead atoms. The molecule has 0 spiro atoms. The number of aromatic hydroxyl groups is 1. The van der Waals surface area contributed by atoms with Crippen LogP contribution in [0.2, 0.25) is 5.02 Å². The molecule has 134 valence electrons. The van der Waals surface area contributed by atoms with Gasteiger partial charge in [-0.05, 0) is 67.8 Å². The van der Waals surface area contributed by atoms with Crippen molar-refractivity contribution in [1.29, 1.82) is 5.26 Å². The number of nitriles is 1. The predicted octanol–water partition coefficient (Wildman–Crippen LogP) is 4.61. The van der Waals surface area contributed by atoms with Crippen LogP contribution in [0.25, 0.3) is 6.08 Å². The molecule has 0 aromatic heterocycles. The van der Waals surface area contributed by atoms with Gasteiger partial charge in [-0.25, -0.2) is 0 Å². The molecule has 0 radical (unpaired) electrons. The lowest BCUT2D eigenvalue weighted by atomic mass is 10.1. The first-order valence-electron chi connectivity index (χ1n) is 8.01. The van der Waals surface area contributed by atoms with Crippen molar-refractivity contribution < 1.29 is 14.6 Å². The Kier molecular flexibility index (Phi) is 6.26. The van der Waals surface area contributed by atoms with E-state index >= 15 is 0 Å². The highest BCUT2D eigenvalue weighted by atomic mass is 35.5. The monoisotopic (exact) mass is 370 g/mol. The van der Waals surface area contributed by atoms with E-state index in [9.17, 15) is 15.2 Å². The van der Waals surface area contributed by atoms with Crippen molar-refractivity contribution in [2.24, 2.45) is 0 Å². The van der Waals surface area contributed by atoms with Crippen LogP contribution in [0.15, 0.2) is 35.9 Å². The number of hydrogen-bond donors (Lipinski definition) is 2. The van der Waals surface area contributed by atoms with Crippen LogP contribution in [-0.2, 0) is 4.79 Å². The quantitative estimate of drug-likeness (QED) is 0.594. The number of hydrogen-bond acceptors (Lipinski definition) is 4. The van der Waals surface area contributed by atoms with Crippen molar-refractivity contribution in [2.45, 2.75) is 20.8 Å². The molecule has 0 aliphatic rings. The zero-order valence-corrected chi connectivity index (χ0v) is 15.5. The molecule has 0 aliphatic heterocycles. The van der Waals surface area contributed by atoms with Gasteiger partial charge in [0, 0.05) is 5.69 Å². The fourth-order valence-corrected chi connectivity index (χ4v) is 2.49. The topological polar surface area (TPSA) is 82.3 Å². The number of carbonyl (C=O) groups is 1. The van der Waals surface area contributed by atoms with Gasteiger partial charge in [-0.15, -0.1) is 0 Å². The first-order valence-corrected chi connectivity index (χ1v) is 8.39. The van der Waals surface area contributed by atoms with Crippen molar-refractivity contribution in [3.05, 3.63) is 57.6 Å². The van der Waals surface area contributed by atoms with Crippen molar-refractivity contribution in [3.8, 4) is 17.6 Å². The number of ether oxygens (including phenoxy) is 1. The van der Waals surface area contributed by atoms with E-state index in [4.69, 9.17) is 16.3 Å². The lowest BCUT2D eigenvalue weighted by Gasteiger charge is -2.09. The highest BCUT2D eigenvalue weighted by Gasteiger charge is 2.13. The van der Waals surface area contributed by atoms with Crippen LogP contribution in [0.4, 0.5) is 5.69 Å². The Labute approximate surface area is 157 Å². The number of benzene rings is 2. The first-order chi connectivity index (χ1) is 12.3. The molecule has 5 nitrogen and oxygen atoms in total. The van der Waals surface area contributed by atoms with Gasteiger partial charge in [-0.2, -0.15) is 5.26 Å².